The first-order valence-corrected chi connectivity index (χ1v) is 11.4. The maximum absolute atomic E-state index is 5.84. The van der Waals surface area contributed by atoms with Gasteiger partial charge in [0.2, 0.25) is 0 Å². The van der Waals surface area contributed by atoms with E-state index in [1.807, 2.05) is 24.3 Å². The second-order valence-electron chi connectivity index (χ2n) is 7.97. The van der Waals surface area contributed by atoms with E-state index in [2.05, 4.69) is 102 Å². The van der Waals surface area contributed by atoms with Crippen molar-refractivity contribution in [3.05, 3.63) is 137 Å². The SMILES string of the molecule is COc1cc(C)ccc1CNC(=S)NC(c1ccccc1)(c1ccccc1)c1ccccc1. The molecule has 4 rings (SSSR count). The van der Waals surface area contributed by atoms with Crippen LogP contribution < -0.4 is 15.4 Å². The van der Waals surface area contributed by atoms with E-state index in [9.17, 15) is 0 Å². The number of ether oxygens (including phenoxy) is 1. The third kappa shape index (κ3) is 4.91. The number of aryl methyl sites for hydroxylation is 1. The first kappa shape index (κ1) is 22.6. The van der Waals surface area contributed by atoms with Crippen molar-refractivity contribution in [1.82, 2.24) is 10.6 Å². The Morgan fingerprint density at radius 1 is 0.758 bits per heavy atom. The zero-order chi connectivity index (χ0) is 23.1. The standard InChI is InChI=1S/C29H28N2OS/c1-22-18-19-23(27(20-22)32-2)21-30-28(33)31-29(24-12-6-3-7-13-24,25-14-8-4-9-15-25)26-16-10-5-11-17-26/h3-20H,21H2,1-2H3,(H2,30,31,33). The van der Waals surface area contributed by atoms with Crippen LogP contribution in [0.1, 0.15) is 27.8 Å². The largest absolute Gasteiger partial charge is 0.496 e. The predicted octanol–water partition coefficient (Wildman–Crippen LogP) is 5.96. The maximum Gasteiger partial charge on any atom is 0.167 e. The molecule has 0 aromatic heterocycles. The van der Waals surface area contributed by atoms with Crippen LogP contribution >= 0.6 is 12.2 Å². The molecule has 0 unspecified atom stereocenters. The van der Waals surface area contributed by atoms with Crippen LogP contribution in [-0.2, 0) is 12.1 Å². The summed E-state index contributed by atoms with van der Waals surface area (Å²) >= 11 is 5.84. The van der Waals surface area contributed by atoms with E-state index in [4.69, 9.17) is 17.0 Å². The van der Waals surface area contributed by atoms with Gasteiger partial charge < -0.3 is 15.4 Å². The molecular formula is C29H28N2OS. The molecule has 0 saturated heterocycles. The van der Waals surface area contributed by atoms with Gasteiger partial charge in [-0.2, -0.15) is 0 Å². The average molecular weight is 453 g/mol. The summed E-state index contributed by atoms with van der Waals surface area (Å²) in [5.41, 5.74) is 4.90. The highest BCUT2D eigenvalue weighted by Crippen LogP contribution is 2.36. The lowest BCUT2D eigenvalue weighted by molar-refractivity contribution is 0.408. The molecule has 0 radical (unpaired) electrons. The topological polar surface area (TPSA) is 33.3 Å². The molecule has 4 heteroatoms. The van der Waals surface area contributed by atoms with Gasteiger partial charge in [0, 0.05) is 12.1 Å². The lowest BCUT2D eigenvalue weighted by Gasteiger charge is -2.38. The Morgan fingerprint density at radius 2 is 1.24 bits per heavy atom. The van der Waals surface area contributed by atoms with Crippen LogP contribution in [0.5, 0.6) is 5.75 Å². The van der Waals surface area contributed by atoms with Gasteiger partial charge in [-0.1, -0.05) is 103 Å². The molecule has 3 nitrogen and oxygen atoms in total. The molecule has 0 heterocycles. The average Bonchev–Trinajstić information content (AvgIpc) is 2.88. The third-order valence-electron chi connectivity index (χ3n) is 5.80. The van der Waals surface area contributed by atoms with Gasteiger partial charge in [-0.15, -0.1) is 0 Å². The van der Waals surface area contributed by atoms with Crippen LogP contribution in [0, 0.1) is 6.92 Å². The normalized spacial score (nSPS) is 11.0. The zero-order valence-corrected chi connectivity index (χ0v) is 19.7. The number of methoxy groups -OCH3 is 1. The summed E-state index contributed by atoms with van der Waals surface area (Å²) in [6.07, 6.45) is 0. The predicted molar refractivity (Wildman–Crippen MR) is 140 cm³/mol. The molecule has 33 heavy (non-hydrogen) atoms. The molecule has 0 bridgehead atoms. The van der Waals surface area contributed by atoms with Crippen LogP contribution in [0.4, 0.5) is 0 Å². The van der Waals surface area contributed by atoms with E-state index in [1.54, 1.807) is 7.11 Å². The van der Waals surface area contributed by atoms with Crippen molar-refractivity contribution in [1.29, 1.82) is 0 Å². The second-order valence-corrected chi connectivity index (χ2v) is 8.38. The fourth-order valence-corrected chi connectivity index (χ4v) is 4.39. The van der Waals surface area contributed by atoms with E-state index >= 15 is 0 Å². The first-order valence-electron chi connectivity index (χ1n) is 11.0. The Labute approximate surface area is 201 Å². The minimum atomic E-state index is -0.648. The van der Waals surface area contributed by atoms with Crippen molar-refractivity contribution in [2.75, 3.05) is 7.11 Å². The van der Waals surface area contributed by atoms with Crippen LogP contribution in [0.15, 0.2) is 109 Å². The molecule has 166 valence electrons. The van der Waals surface area contributed by atoms with Gasteiger partial charge in [-0.25, -0.2) is 0 Å². The van der Waals surface area contributed by atoms with Crippen molar-refractivity contribution in [2.24, 2.45) is 0 Å². The molecular weight excluding hydrogens is 424 g/mol. The highest BCUT2D eigenvalue weighted by atomic mass is 32.1. The zero-order valence-electron chi connectivity index (χ0n) is 18.9. The summed E-state index contributed by atoms with van der Waals surface area (Å²) in [6.45, 7) is 2.61. The highest BCUT2D eigenvalue weighted by molar-refractivity contribution is 7.80. The molecule has 0 spiro atoms. The summed E-state index contributed by atoms with van der Waals surface area (Å²) in [4.78, 5) is 0. The van der Waals surface area contributed by atoms with Gasteiger partial charge in [-0.3, -0.25) is 0 Å². The Morgan fingerprint density at radius 3 is 1.70 bits per heavy atom. The molecule has 0 aliphatic carbocycles. The second kappa shape index (κ2) is 10.3. The lowest BCUT2D eigenvalue weighted by Crippen LogP contribution is -2.51. The van der Waals surface area contributed by atoms with E-state index in [0.717, 1.165) is 33.6 Å². The Balaban J connectivity index is 1.72. The quantitative estimate of drug-likeness (QED) is 0.268. The minimum Gasteiger partial charge on any atom is -0.496 e. The minimum absolute atomic E-state index is 0.559. The van der Waals surface area contributed by atoms with Crippen molar-refractivity contribution >= 4 is 17.3 Å². The summed E-state index contributed by atoms with van der Waals surface area (Å²) < 4.78 is 5.56. The van der Waals surface area contributed by atoms with Crippen molar-refractivity contribution in [3.63, 3.8) is 0 Å². The smallest absolute Gasteiger partial charge is 0.167 e. The molecule has 2 N–H and O–H groups in total. The van der Waals surface area contributed by atoms with Gasteiger partial charge in [0.25, 0.3) is 0 Å². The van der Waals surface area contributed by atoms with E-state index in [0.29, 0.717) is 11.7 Å². The van der Waals surface area contributed by atoms with Crippen LogP contribution in [0.25, 0.3) is 0 Å². The summed E-state index contributed by atoms with van der Waals surface area (Å²) in [6, 6.07) is 37.5. The lowest BCUT2D eigenvalue weighted by atomic mass is 9.77. The Bertz CT molecular complexity index is 1100. The summed E-state index contributed by atoms with van der Waals surface area (Å²) in [5.74, 6) is 0.853. The van der Waals surface area contributed by atoms with Gasteiger partial charge >= 0.3 is 0 Å². The number of hydrogen-bond acceptors (Lipinski definition) is 2. The van der Waals surface area contributed by atoms with Crippen molar-refractivity contribution in [3.8, 4) is 5.75 Å². The number of rotatable bonds is 7. The number of nitrogens with one attached hydrogen (secondary N) is 2. The van der Waals surface area contributed by atoms with Gasteiger partial charge in [0.1, 0.15) is 11.3 Å². The first-order chi connectivity index (χ1) is 16.1. The molecule has 0 fully saturated rings. The van der Waals surface area contributed by atoms with Gasteiger partial charge in [0.15, 0.2) is 5.11 Å². The van der Waals surface area contributed by atoms with E-state index < -0.39 is 5.54 Å². The van der Waals surface area contributed by atoms with Gasteiger partial charge in [-0.05, 0) is 47.5 Å². The monoisotopic (exact) mass is 452 g/mol. The summed E-state index contributed by atoms with van der Waals surface area (Å²) in [7, 11) is 1.69. The number of hydrogen-bond donors (Lipinski definition) is 2. The van der Waals surface area contributed by atoms with Crippen molar-refractivity contribution in [2.45, 2.75) is 19.0 Å². The van der Waals surface area contributed by atoms with Crippen LogP contribution in [-0.4, -0.2) is 12.2 Å². The molecule has 0 saturated carbocycles. The molecule has 0 atom stereocenters. The van der Waals surface area contributed by atoms with Gasteiger partial charge in [0.05, 0.1) is 7.11 Å². The van der Waals surface area contributed by atoms with Crippen LogP contribution in [0.3, 0.4) is 0 Å². The van der Waals surface area contributed by atoms with E-state index in [1.165, 1.54) is 0 Å². The summed E-state index contributed by atoms with van der Waals surface area (Å²) in [5, 5.41) is 7.64. The maximum atomic E-state index is 5.84. The Kier molecular flexibility index (Phi) is 7.06. The fraction of sp³-hybridized carbons (Fsp3) is 0.138. The van der Waals surface area contributed by atoms with E-state index in [-0.39, 0.29) is 0 Å². The molecule has 0 aliphatic heterocycles. The number of benzene rings is 4. The molecule has 0 aliphatic rings. The molecule has 4 aromatic rings. The Hall–Kier alpha value is -3.63. The molecule has 4 aromatic carbocycles. The van der Waals surface area contributed by atoms with Crippen molar-refractivity contribution < 1.29 is 4.74 Å². The third-order valence-corrected chi connectivity index (χ3v) is 6.05. The number of thiocarbonyl (C=S) groups is 1. The highest BCUT2D eigenvalue weighted by Gasteiger charge is 2.36. The van der Waals surface area contributed by atoms with Crippen LogP contribution in [0.2, 0.25) is 0 Å². The fourth-order valence-electron chi connectivity index (χ4n) is 4.17. The molecule has 0 amide bonds.